The molecule has 0 saturated heterocycles. The molecule has 1 aromatic rings. The second-order valence-corrected chi connectivity index (χ2v) is 3.23. The molecule has 0 aliphatic carbocycles. The molecular weight excluding hydrogens is 160 g/mol. The van der Waals surface area contributed by atoms with E-state index in [2.05, 4.69) is 17.2 Å². The third-order valence-electron chi connectivity index (χ3n) is 2.13. The van der Waals surface area contributed by atoms with Crippen molar-refractivity contribution < 1.29 is 0 Å². The maximum absolute atomic E-state index is 4.44. The van der Waals surface area contributed by atoms with Gasteiger partial charge in [-0.1, -0.05) is 25.5 Å². The molecule has 1 aliphatic rings. The molecular formula is C11H13N2. The van der Waals surface area contributed by atoms with Crippen LogP contribution in [0.4, 0.5) is 11.4 Å². The van der Waals surface area contributed by atoms with Crippen molar-refractivity contribution in [1.82, 2.24) is 5.32 Å². The number of fused-ring (bicyclic) bond motifs is 1. The molecule has 0 N–H and O–H groups in total. The Morgan fingerprint density at radius 2 is 1.92 bits per heavy atom. The van der Waals surface area contributed by atoms with Crippen LogP contribution in [-0.2, 0) is 0 Å². The molecule has 0 saturated carbocycles. The number of para-hydroxylation sites is 2. The van der Waals surface area contributed by atoms with E-state index in [0.717, 1.165) is 23.6 Å². The molecule has 1 aliphatic heterocycles. The van der Waals surface area contributed by atoms with E-state index in [1.165, 1.54) is 12.8 Å². The zero-order chi connectivity index (χ0) is 9.10. The molecule has 1 heterocycles. The average Bonchev–Trinajstić information content (AvgIpc) is 2.57. The van der Waals surface area contributed by atoms with Crippen molar-refractivity contribution in [2.24, 2.45) is 4.99 Å². The van der Waals surface area contributed by atoms with Crippen molar-refractivity contribution in [3.05, 3.63) is 24.3 Å². The molecule has 1 aromatic carbocycles. The summed E-state index contributed by atoms with van der Waals surface area (Å²) in [5, 5.41) is 4.44. The first-order valence-electron chi connectivity index (χ1n) is 4.78. The molecule has 1 radical (unpaired) electrons. The summed E-state index contributed by atoms with van der Waals surface area (Å²) in [6, 6.07) is 8.02. The highest BCUT2D eigenvalue weighted by molar-refractivity contribution is 5.95. The lowest BCUT2D eigenvalue weighted by atomic mass is 10.2. The Hall–Kier alpha value is -1.31. The van der Waals surface area contributed by atoms with Gasteiger partial charge in [0.1, 0.15) is 5.84 Å². The van der Waals surface area contributed by atoms with Crippen LogP contribution in [0, 0.1) is 0 Å². The number of nitrogens with zero attached hydrogens (tertiary/aromatic N) is 2. The minimum absolute atomic E-state index is 0.989. The molecule has 0 atom stereocenters. The first-order valence-corrected chi connectivity index (χ1v) is 4.78. The maximum Gasteiger partial charge on any atom is 0.129 e. The quantitative estimate of drug-likeness (QED) is 0.671. The van der Waals surface area contributed by atoms with E-state index in [1.807, 2.05) is 24.3 Å². The maximum atomic E-state index is 4.44. The van der Waals surface area contributed by atoms with Crippen LogP contribution in [0.5, 0.6) is 0 Å². The number of benzene rings is 1. The summed E-state index contributed by atoms with van der Waals surface area (Å²) < 4.78 is 0. The molecule has 2 nitrogen and oxygen atoms in total. The van der Waals surface area contributed by atoms with Crippen molar-refractivity contribution in [3.8, 4) is 0 Å². The van der Waals surface area contributed by atoms with Crippen molar-refractivity contribution in [2.75, 3.05) is 0 Å². The van der Waals surface area contributed by atoms with Crippen LogP contribution in [0.2, 0.25) is 0 Å². The number of hydrogen-bond acceptors (Lipinski definition) is 1. The van der Waals surface area contributed by atoms with E-state index in [9.17, 15) is 0 Å². The van der Waals surface area contributed by atoms with Crippen molar-refractivity contribution in [2.45, 2.75) is 26.2 Å². The van der Waals surface area contributed by atoms with E-state index >= 15 is 0 Å². The Labute approximate surface area is 78.7 Å². The van der Waals surface area contributed by atoms with Gasteiger partial charge in [-0.15, -0.1) is 0 Å². The molecule has 0 aromatic heterocycles. The summed E-state index contributed by atoms with van der Waals surface area (Å²) in [7, 11) is 0. The first-order chi connectivity index (χ1) is 6.40. The highest BCUT2D eigenvalue weighted by Gasteiger charge is 2.13. The first kappa shape index (κ1) is 8.30. The minimum Gasteiger partial charge on any atom is -0.231 e. The van der Waals surface area contributed by atoms with Crippen molar-refractivity contribution in [1.29, 1.82) is 0 Å². The molecule has 0 unspecified atom stereocenters. The SMILES string of the molecule is CCCCC1=Nc2ccccc2[N]1. The van der Waals surface area contributed by atoms with Gasteiger partial charge >= 0.3 is 0 Å². The van der Waals surface area contributed by atoms with Gasteiger partial charge in [0.05, 0.1) is 11.4 Å². The minimum atomic E-state index is 0.989. The number of hydrogen-bond donors (Lipinski definition) is 0. The lowest BCUT2D eigenvalue weighted by Crippen LogP contribution is -2.05. The van der Waals surface area contributed by atoms with Gasteiger partial charge in [0.2, 0.25) is 0 Å². The van der Waals surface area contributed by atoms with Gasteiger partial charge in [0.15, 0.2) is 0 Å². The fraction of sp³-hybridized carbons (Fsp3) is 0.364. The fourth-order valence-electron chi connectivity index (χ4n) is 1.40. The van der Waals surface area contributed by atoms with E-state index in [1.54, 1.807) is 0 Å². The Balaban J connectivity index is 2.08. The van der Waals surface area contributed by atoms with Gasteiger partial charge in [-0.25, -0.2) is 10.3 Å². The van der Waals surface area contributed by atoms with Crippen LogP contribution in [0.15, 0.2) is 29.3 Å². The summed E-state index contributed by atoms with van der Waals surface area (Å²) in [4.78, 5) is 4.44. The standard InChI is InChI=1S/C11H13N2/c1-2-3-8-11-12-9-6-4-5-7-10(9)13-11/h4-7H,2-3,8H2,1H3. The largest absolute Gasteiger partial charge is 0.231 e. The number of rotatable bonds is 3. The third kappa shape index (κ3) is 1.72. The van der Waals surface area contributed by atoms with Crippen LogP contribution in [0.1, 0.15) is 26.2 Å². The summed E-state index contributed by atoms with van der Waals surface area (Å²) >= 11 is 0. The highest BCUT2D eigenvalue weighted by Crippen LogP contribution is 2.30. The normalized spacial score (nSPS) is 13.5. The summed E-state index contributed by atoms with van der Waals surface area (Å²) in [6.45, 7) is 2.18. The summed E-state index contributed by atoms with van der Waals surface area (Å²) in [5.41, 5.74) is 2.04. The second kappa shape index (κ2) is 3.60. The lowest BCUT2D eigenvalue weighted by molar-refractivity contribution is 0.825. The lowest BCUT2D eigenvalue weighted by Gasteiger charge is -1.96. The zero-order valence-electron chi connectivity index (χ0n) is 7.83. The zero-order valence-corrected chi connectivity index (χ0v) is 7.83. The molecule has 13 heavy (non-hydrogen) atoms. The van der Waals surface area contributed by atoms with Gasteiger partial charge < -0.3 is 0 Å². The molecule has 2 rings (SSSR count). The predicted octanol–water partition coefficient (Wildman–Crippen LogP) is 3.16. The monoisotopic (exact) mass is 173 g/mol. The second-order valence-electron chi connectivity index (χ2n) is 3.23. The third-order valence-corrected chi connectivity index (χ3v) is 2.13. The van der Waals surface area contributed by atoms with Gasteiger partial charge in [-0.3, -0.25) is 0 Å². The Morgan fingerprint density at radius 1 is 1.15 bits per heavy atom. The van der Waals surface area contributed by atoms with E-state index in [0.29, 0.717) is 0 Å². The fourth-order valence-corrected chi connectivity index (χ4v) is 1.40. The molecule has 0 spiro atoms. The van der Waals surface area contributed by atoms with Gasteiger partial charge in [0.25, 0.3) is 0 Å². The van der Waals surface area contributed by atoms with E-state index in [-0.39, 0.29) is 0 Å². The molecule has 2 heteroatoms. The Morgan fingerprint density at radius 3 is 2.62 bits per heavy atom. The molecule has 0 fully saturated rings. The van der Waals surface area contributed by atoms with Gasteiger partial charge in [-0.2, -0.15) is 0 Å². The van der Waals surface area contributed by atoms with Gasteiger partial charge in [0, 0.05) is 6.42 Å². The number of unbranched alkanes of at least 4 members (excludes halogenated alkanes) is 1. The topological polar surface area (TPSA) is 26.5 Å². The molecule has 67 valence electrons. The Kier molecular flexibility index (Phi) is 2.30. The Bertz CT molecular complexity index is 329. The highest BCUT2D eigenvalue weighted by atomic mass is 15.1. The van der Waals surface area contributed by atoms with Crippen LogP contribution < -0.4 is 5.32 Å². The van der Waals surface area contributed by atoms with Gasteiger partial charge in [-0.05, 0) is 18.6 Å². The number of amidine groups is 1. The van der Waals surface area contributed by atoms with Crippen LogP contribution >= 0.6 is 0 Å². The molecule has 0 bridgehead atoms. The molecule has 0 amide bonds. The van der Waals surface area contributed by atoms with Crippen LogP contribution in [0.3, 0.4) is 0 Å². The van der Waals surface area contributed by atoms with E-state index in [4.69, 9.17) is 0 Å². The van der Waals surface area contributed by atoms with E-state index < -0.39 is 0 Å². The smallest absolute Gasteiger partial charge is 0.129 e. The van der Waals surface area contributed by atoms with Crippen molar-refractivity contribution in [3.63, 3.8) is 0 Å². The average molecular weight is 173 g/mol. The predicted molar refractivity (Wildman–Crippen MR) is 54.9 cm³/mol. The summed E-state index contributed by atoms with van der Waals surface area (Å²) in [6.07, 6.45) is 3.38. The number of aliphatic imine (C=N–C) groups is 1. The van der Waals surface area contributed by atoms with Crippen molar-refractivity contribution >= 4 is 17.2 Å². The van der Waals surface area contributed by atoms with Crippen LogP contribution in [-0.4, -0.2) is 5.84 Å². The van der Waals surface area contributed by atoms with Crippen LogP contribution in [0.25, 0.3) is 0 Å². The summed E-state index contributed by atoms with van der Waals surface area (Å²) in [5.74, 6) is 0.989.